The molecule has 0 saturated carbocycles. The summed E-state index contributed by atoms with van der Waals surface area (Å²) in [6.07, 6.45) is 1.43. The lowest BCUT2D eigenvalue weighted by molar-refractivity contribution is -0.114. The van der Waals surface area contributed by atoms with Crippen molar-refractivity contribution in [3.05, 3.63) is 33.4 Å². The summed E-state index contributed by atoms with van der Waals surface area (Å²) in [4.78, 5) is 11.0. The van der Waals surface area contributed by atoms with Gasteiger partial charge in [0.15, 0.2) is 5.82 Å². The van der Waals surface area contributed by atoms with Gasteiger partial charge in [0.2, 0.25) is 5.91 Å². The number of aromatic nitrogens is 2. The number of carbonyl (C=O) groups excluding carboxylic acids is 1. The van der Waals surface area contributed by atoms with Gasteiger partial charge in [-0.3, -0.25) is 4.79 Å². The van der Waals surface area contributed by atoms with E-state index in [0.717, 1.165) is 0 Å². The van der Waals surface area contributed by atoms with E-state index in [4.69, 9.17) is 40.5 Å². The van der Waals surface area contributed by atoms with Crippen LogP contribution in [0.2, 0.25) is 15.1 Å². The molecule has 0 saturated heterocycles. The van der Waals surface area contributed by atoms with Crippen molar-refractivity contribution in [3.8, 4) is 5.69 Å². The third kappa shape index (κ3) is 2.63. The number of rotatable bonds is 2. The lowest BCUT2D eigenvalue weighted by Crippen LogP contribution is -2.09. The second-order valence-electron chi connectivity index (χ2n) is 3.73. The summed E-state index contributed by atoms with van der Waals surface area (Å²) in [6, 6.07) is 3.22. The number of anilines is 2. The van der Waals surface area contributed by atoms with Crippen LogP contribution in [0.1, 0.15) is 6.92 Å². The number of nitrogens with zero attached hydrogens (tertiary/aromatic N) is 2. The van der Waals surface area contributed by atoms with Crippen LogP contribution in [0.25, 0.3) is 5.69 Å². The first kappa shape index (κ1) is 14.0. The second-order valence-corrected chi connectivity index (χ2v) is 4.89. The molecule has 1 aromatic heterocycles. The van der Waals surface area contributed by atoms with Crippen LogP contribution >= 0.6 is 34.8 Å². The first-order valence-corrected chi connectivity index (χ1v) is 6.30. The summed E-state index contributed by atoms with van der Waals surface area (Å²) < 4.78 is 1.37. The molecule has 1 heterocycles. The molecule has 0 spiro atoms. The number of carbonyl (C=O) groups is 1. The molecule has 3 N–H and O–H groups in total. The van der Waals surface area contributed by atoms with Gasteiger partial charge in [-0.05, 0) is 12.1 Å². The first-order valence-electron chi connectivity index (χ1n) is 5.16. The highest BCUT2D eigenvalue weighted by Crippen LogP contribution is 2.36. The molecule has 5 nitrogen and oxygen atoms in total. The van der Waals surface area contributed by atoms with E-state index < -0.39 is 0 Å². The number of hydrogen-bond acceptors (Lipinski definition) is 3. The zero-order valence-corrected chi connectivity index (χ0v) is 12.0. The van der Waals surface area contributed by atoms with E-state index >= 15 is 0 Å². The summed E-state index contributed by atoms with van der Waals surface area (Å²) in [6.45, 7) is 1.38. The molecule has 19 heavy (non-hydrogen) atoms. The third-order valence-electron chi connectivity index (χ3n) is 2.36. The van der Waals surface area contributed by atoms with E-state index in [1.165, 1.54) is 17.8 Å². The molecular weight excluding hydrogens is 311 g/mol. The number of halogens is 3. The van der Waals surface area contributed by atoms with Crippen molar-refractivity contribution < 1.29 is 4.79 Å². The highest BCUT2D eigenvalue weighted by Gasteiger charge is 2.15. The van der Waals surface area contributed by atoms with E-state index in [0.29, 0.717) is 16.4 Å². The molecule has 2 aromatic rings. The highest BCUT2D eigenvalue weighted by molar-refractivity contribution is 6.48. The fraction of sp³-hybridized carbons (Fsp3) is 0.0909. The SMILES string of the molecule is CC(=O)Nc1cnn(-c2ccc(Cl)c(Cl)c2Cl)c1N. The van der Waals surface area contributed by atoms with Crippen LogP contribution in [0.5, 0.6) is 0 Å². The van der Waals surface area contributed by atoms with Crippen molar-refractivity contribution in [2.24, 2.45) is 0 Å². The molecule has 0 aliphatic rings. The van der Waals surface area contributed by atoms with E-state index in [2.05, 4.69) is 10.4 Å². The van der Waals surface area contributed by atoms with Gasteiger partial charge in [-0.1, -0.05) is 34.8 Å². The van der Waals surface area contributed by atoms with Gasteiger partial charge in [0.1, 0.15) is 5.69 Å². The Bertz CT molecular complexity index is 654. The quantitative estimate of drug-likeness (QED) is 0.833. The van der Waals surface area contributed by atoms with E-state index in [1.807, 2.05) is 0 Å². The average Bonchev–Trinajstić information content (AvgIpc) is 2.68. The molecule has 100 valence electrons. The topological polar surface area (TPSA) is 72.9 Å². The zero-order chi connectivity index (χ0) is 14.2. The van der Waals surface area contributed by atoms with Gasteiger partial charge in [-0.25, -0.2) is 4.68 Å². The van der Waals surface area contributed by atoms with Crippen molar-refractivity contribution >= 4 is 52.2 Å². The molecule has 0 aliphatic heterocycles. The van der Waals surface area contributed by atoms with Crippen LogP contribution in [0, 0.1) is 0 Å². The summed E-state index contributed by atoms with van der Waals surface area (Å²) >= 11 is 17.9. The average molecular weight is 320 g/mol. The molecular formula is C11H9Cl3N4O. The van der Waals surface area contributed by atoms with Gasteiger partial charge in [0.05, 0.1) is 27.0 Å². The number of amides is 1. The summed E-state index contributed by atoms with van der Waals surface area (Å²) in [5, 5.41) is 7.41. The minimum Gasteiger partial charge on any atom is -0.382 e. The second kappa shape index (κ2) is 5.28. The Hall–Kier alpha value is -1.43. The van der Waals surface area contributed by atoms with Crippen LogP contribution in [0.15, 0.2) is 18.3 Å². The fourth-order valence-corrected chi connectivity index (χ4v) is 2.13. The predicted octanol–water partition coefficient (Wildman–Crippen LogP) is 3.37. The van der Waals surface area contributed by atoms with Gasteiger partial charge in [0, 0.05) is 6.92 Å². The molecule has 0 radical (unpaired) electrons. The smallest absolute Gasteiger partial charge is 0.221 e. The lowest BCUT2D eigenvalue weighted by Gasteiger charge is -2.09. The maximum absolute atomic E-state index is 11.0. The highest BCUT2D eigenvalue weighted by atomic mass is 35.5. The maximum atomic E-state index is 11.0. The molecule has 8 heteroatoms. The van der Waals surface area contributed by atoms with E-state index in [-0.39, 0.29) is 21.8 Å². The number of hydrogen-bond donors (Lipinski definition) is 2. The largest absolute Gasteiger partial charge is 0.382 e. The first-order chi connectivity index (χ1) is 8.91. The van der Waals surface area contributed by atoms with Gasteiger partial charge in [-0.15, -0.1) is 0 Å². The van der Waals surface area contributed by atoms with Crippen LogP contribution < -0.4 is 11.1 Å². The van der Waals surface area contributed by atoms with Crippen molar-refractivity contribution in [1.82, 2.24) is 9.78 Å². The zero-order valence-electron chi connectivity index (χ0n) is 9.75. The number of nitrogens with two attached hydrogens (primary N) is 1. The molecule has 0 atom stereocenters. The minimum atomic E-state index is -0.244. The summed E-state index contributed by atoms with van der Waals surface area (Å²) in [5.74, 6) is 0.00183. The molecule has 2 rings (SSSR count). The number of benzene rings is 1. The standard InChI is InChI=1S/C11H9Cl3N4O/c1-5(19)17-7-4-16-18(11(7)15)8-3-2-6(12)9(13)10(8)14/h2-4H,15H2,1H3,(H,17,19). The Balaban J connectivity index is 2.51. The monoisotopic (exact) mass is 318 g/mol. The van der Waals surface area contributed by atoms with Crippen molar-refractivity contribution in [2.75, 3.05) is 11.1 Å². The Kier molecular flexibility index (Phi) is 3.89. The van der Waals surface area contributed by atoms with Crippen LogP contribution in [-0.2, 0) is 4.79 Å². The number of nitrogen functional groups attached to an aromatic ring is 1. The normalized spacial score (nSPS) is 10.5. The van der Waals surface area contributed by atoms with Crippen molar-refractivity contribution in [3.63, 3.8) is 0 Å². The molecule has 1 amide bonds. The fourth-order valence-electron chi connectivity index (χ4n) is 1.52. The summed E-state index contributed by atoms with van der Waals surface area (Å²) in [7, 11) is 0. The van der Waals surface area contributed by atoms with Gasteiger partial charge in [0.25, 0.3) is 0 Å². The van der Waals surface area contributed by atoms with E-state index in [9.17, 15) is 4.79 Å². The van der Waals surface area contributed by atoms with Crippen LogP contribution in [-0.4, -0.2) is 15.7 Å². The molecule has 0 bridgehead atoms. The Labute approximate surface area is 124 Å². The molecule has 0 fully saturated rings. The van der Waals surface area contributed by atoms with Crippen molar-refractivity contribution in [2.45, 2.75) is 6.92 Å². The predicted molar refractivity (Wildman–Crippen MR) is 77.3 cm³/mol. The third-order valence-corrected chi connectivity index (χ3v) is 3.64. The molecule has 0 unspecified atom stereocenters. The van der Waals surface area contributed by atoms with Gasteiger partial charge >= 0.3 is 0 Å². The Morgan fingerprint density at radius 2 is 2.00 bits per heavy atom. The lowest BCUT2D eigenvalue weighted by atomic mass is 10.3. The Morgan fingerprint density at radius 1 is 1.32 bits per heavy atom. The molecule has 0 aliphatic carbocycles. The molecule has 1 aromatic carbocycles. The van der Waals surface area contributed by atoms with Crippen LogP contribution in [0.3, 0.4) is 0 Å². The maximum Gasteiger partial charge on any atom is 0.221 e. The minimum absolute atomic E-state index is 0.219. The van der Waals surface area contributed by atoms with Crippen molar-refractivity contribution in [1.29, 1.82) is 0 Å². The Morgan fingerprint density at radius 3 is 2.63 bits per heavy atom. The number of nitrogens with one attached hydrogen (secondary N) is 1. The summed E-state index contributed by atoms with van der Waals surface area (Å²) in [5.41, 5.74) is 6.77. The van der Waals surface area contributed by atoms with E-state index in [1.54, 1.807) is 12.1 Å². The van der Waals surface area contributed by atoms with Crippen LogP contribution in [0.4, 0.5) is 11.5 Å². The van der Waals surface area contributed by atoms with Gasteiger partial charge < -0.3 is 11.1 Å². The van der Waals surface area contributed by atoms with Gasteiger partial charge in [-0.2, -0.15) is 5.10 Å².